The van der Waals surface area contributed by atoms with Crippen molar-refractivity contribution < 1.29 is 9.94 Å². The predicted octanol–water partition coefficient (Wildman–Crippen LogP) is 1.40. The number of hydrogen-bond donors (Lipinski definition) is 2. The molecule has 1 aliphatic rings. The predicted molar refractivity (Wildman–Crippen MR) is 68.3 cm³/mol. The summed E-state index contributed by atoms with van der Waals surface area (Å²) in [6.45, 7) is 6.33. The first-order valence-electron chi connectivity index (χ1n) is 6.37. The van der Waals surface area contributed by atoms with Crippen molar-refractivity contribution in [2.75, 3.05) is 20.2 Å². The van der Waals surface area contributed by atoms with Crippen LogP contribution in [-0.4, -0.2) is 47.8 Å². The number of hydrogen-bond acceptors (Lipinski definition) is 4. The Morgan fingerprint density at radius 2 is 2.12 bits per heavy atom. The van der Waals surface area contributed by atoms with Gasteiger partial charge in [0.1, 0.15) is 5.60 Å². The van der Waals surface area contributed by atoms with Gasteiger partial charge in [0.2, 0.25) is 0 Å². The van der Waals surface area contributed by atoms with Gasteiger partial charge < -0.3 is 20.6 Å². The average molecular weight is 243 g/mol. The van der Waals surface area contributed by atoms with Crippen molar-refractivity contribution in [3.8, 4) is 0 Å². The third-order valence-electron chi connectivity index (χ3n) is 3.90. The molecule has 0 amide bonds. The van der Waals surface area contributed by atoms with Gasteiger partial charge in [0.25, 0.3) is 0 Å². The van der Waals surface area contributed by atoms with Crippen molar-refractivity contribution in [1.82, 2.24) is 4.90 Å². The molecule has 1 rings (SSSR count). The second kappa shape index (κ2) is 6.21. The number of rotatable bonds is 5. The zero-order valence-corrected chi connectivity index (χ0v) is 11.1. The number of methoxy groups -OCH3 is 1. The molecule has 1 fully saturated rings. The molecule has 0 aromatic carbocycles. The van der Waals surface area contributed by atoms with E-state index < -0.39 is 5.60 Å². The number of nitrogens with two attached hydrogens (primary N) is 1. The van der Waals surface area contributed by atoms with E-state index in [-0.39, 0.29) is 5.84 Å². The van der Waals surface area contributed by atoms with Gasteiger partial charge in [0.05, 0.1) is 0 Å². The van der Waals surface area contributed by atoms with Crippen molar-refractivity contribution >= 4 is 5.84 Å². The molecule has 1 unspecified atom stereocenters. The summed E-state index contributed by atoms with van der Waals surface area (Å²) in [5.41, 5.74) is 5.16. The number of piperidine rings is 1. The SMILES string of the molecule is CCCC(C)N1CCC(OC)(C(N)=NO)CC1. The van der Waals surface area contributed by atoms with E-state index >= 15 is 0 Å². The van der Waals surface area contributed by atoms with E-state index in [1.807, 2.05) is 0 Å². The third-order valence-corrected chi connectivity index (χ3v) is 3.90. The monoisotopic (exact) mass is 243 g/mol. The fourth-order valence-corrected chi connectivity index (χ4v) is 2.58. The molecule has 0 aromatic rings. The summed E-state index contributed by atoms with van der Waals surface area (Å²) in [6, 6.07) is 0.599. The van der Waals surface area contributed by atoms with E-state index in [9.17, 15) is 0 Å². The molecule has 3 N–H and O–H groups in total. The third kappa shape index (κ3) is 3.10. The Kier molecular flexibility index (Phi) is 5.21. The summed E-state index contributed by atoms with van der Waals surface area (Å²) in [5, 5.41) is 11.9. The van der Waals surface area contributed by atoms with Crippen LogP contribution in [0.1, 0.15) is 39.5 Å². The molecule has 5 nitrogen and oxygen atoms in total. The zero-order chi connectivity index (χ0) is 12.9. The zero-order valence-electron chi connectivity index (χ0n) is 11.1. The second-order valence-electron chi connectivity index (χ2n) is 4.86. The molecule has 17 heavy (non-hydrogen) atoms. The first-order chi connectivity index (χ1) is 8.09. The van der Waals surface area contributed by atoms with E-state index in [1.165, 1.54) is 12.8 Å². The Bertz CT molecular complexity index is 260. The molecule has 1 aliphatic heterocycles. The summed E-state index contributed by atoms with van der Waals surface area (Å²) >= 11 is 0. The van der Waals surface area contributed by atoms with Crippen LogP contribution in [0, 0.1) is 0 Å². The summed E-state index contributed by atoms with van der Waals surface area (Å²) < 4.78 is 5.48. The Morgan fingerprint density at radius 1 is 1.53 bits per heavy atom. The van der Waals surface area contributed by atoms with Crippen LogP contribution >= 0.6 is 0 Å². The highest BCUT2D eigenvalue weighted by molar-refractivity contribution is 5.88. The molecule has 0 aromatic heterocycles. The molecule has 0 radical (unpaired) electrons. The van der Waals surface area contributed by atoms with Gasteiger partial charge in [0.15, 0.2) is 5.84 Å². The van der Waals surface area contributed by atoms with Gasteiger partial charge in [-0.05, 0) is 26.2 Å². The fourth-order valence-electron chi connectivity index (χ4n) is 2.58. The lowest BCUT2D eigenvalue weighted by Crippen LogP contribution is -2.55. The van der Waals surface area contributed by atoms with Crippen LogP contribution in [0.2, 0.25) is 0 Å². The van der Waals surface area contributed by atoms with Gasteiger partial charge in [-0.1, -0.05) is 18.5 Å². The van der Waals surface area contributed by atoms with Crippen LogP contribution in [-0.2, 0) is 4.74 Å². The van der Waals surface area contributed by atoms with Gasteiger partial charge >= 0.3 is 0 Å². The van der Waals surface area contributed by atoms with E-state index in [1.54, 1.807) is 7.11 Å². The fraction of sp³-hybridized carbons (Fsp3) is 0.917. The van der Waals surface area contributed by atoms with Crippen molar-refractivity contribution in [3.05, 3.63) is 0 Å². The number of amidine groups is 1. The van der Waals surface area contributed by atoms with Crippen LogP contribution in [0.4, 0.5) is 0 Å². The molecule has 1 atom stereocenters. The molecule has 1 heterocycles. The number of nitrogens with zero attached hydrogens (tertiary/aromatic N) is 2. The lowest BCUT2D eigenvalue weighted by atomic mass is 9.89. The highest BCUT2D eigenvalue weighted by atomic mass is 16.5. The average Bonchev–Trinajstić information content (AvgIpc) is 2.38. The van der Waals surface area contributed by atoms with Crippen LogP contribution < -0.4 is 5.73 Å². The van der Waals surface area contributed by atoms with Gasteiger partial charge in [-0.25, -0.2) is 0 Å². The molecule has 100 valence electrons. The van der Waals surface area contributed by atoms with E-state index in [0.717, 1.165) is 25.9 Å². The smallest absolute Gasteiger partial charge is 0.171 e. The second-order valence-corrected chi connectivity index (χ2v) is 4.86. The highest BCUT2D eigenvalue weighted by Gasteiger charge is 2.39. The van der Waals surface area contributed by atoms with E-state index in [4.69, 9.17) is 15.7 Å². The Labute approximate surface area is 104 Å². The molecule has 0 saturated carbocycles. The largest absolute Gasteiger partial charge is 0.409 e. The summed E-state index contributed by atoms with van der Waals surface area (Å²) in [6.07, 6.45) is 3.98. The normalized spacial score (nSPS) is 23.6. The van der Waals surface area contributed by atoms with Gasteiger partial charge in [-0.3, -0.25) is 0 Å². The van der Waals surface area contributed by atoms with E-state index in [0.29, 0.717) is 6.04 Å². The van der Waals surface area contributed by atoms with Crippen molar-refractivity contribution in [3.63, 3.8) is 0 Å². The maximum atomic E-state index is 8.81. The summed E-state index contributed by atoms with van der Waals surface area (Å²) in [5.74, 6) is 0.197. The van der Waals surface area contributed by atoms with Crippen molar-refractivity contribution in [2.45, 2.75) is 51.2 Å². The van der Waals surface area contributed by atoms with Crippen LogP contribution in [0.3, 0.4) is 0 Å². The Balaban J connectivity index is 2.59. The van der Waals surface area contributed by atoms with Crippen LogP contribution in [0.5, 0.6) is 0 Å². The molecular formula is C12H25N3O2. The van der Waals surface area contributed by atoms with Gasteiger partial charge in [-0.15, -0.1) is 0 Å². The molecule has 0 spiro atoms. The number of oxime groups is 1. The van der Waals surface area contributed by atoms with Gasteiger partial charge in [-0.2, -0.15) is 0 Å². The maximum absolute atomic E-state index is 8.81. The maximum Gasteiger partial charge on any atom is 0.171 e. The van der Waals surface area contributed by atoms with E-state index in [2.05, 4.69) is 23.9 Å². The molecule has 0 aliphatic carbocycles. The Morgan fingerprint density at radius 3 is 2.53 bits per heavy atom. The minimum absolute atomic E-state index is 0.197. The quantitative estimate of drug-likeness (QED) is 0.331. The standard InChI is InChI=1S/C12H25N3O2/c1-4-5-10(2)15-8-6-12(17-3,7-9-15)11(13)14-16/h10,16H,4-9H2,1-3H3,(H2,13,14). The molecular weight excluding hydrogens is 218 g/mol. The topological polar surface area (TPSA) is 71.1 Å². The van der Waals surface area contributed by atoms with Crippen LogP contribution in [0.15, 0.2) is 5.16 Å². The Hall–Kier alpha value is -0.810. The first kappa shape index (κ1) is 14.3. The first-order valence-corrected chi connectivity index (χ1v) is 6.37. The minimum atomic E-state index is -0.572. The van der Waals surface area contributed by atoms with Crippen molar-refractivity contribution in [2.24, 2.45) is 10.9 Å². The minimum Gasteiger partial charge on any atom is -0.409 e. The molecule has 0 bridgehead atoms. The van der Waals surface area contributed by atoms with Gasteiger partial charge in [0, 0.05) is 26.2 Å². The highest BCUT2D eigenvalue weighted by Crippen LogP contribution is 2.27. The van der Waals surface area contributed by atoms with Crippen LogP contribution in [0.25, 0.3) is 0 Å². The number of likely N-dealkylation sites (tertiary alicyclic amines) is 1. The summed E-state index contributed by atoms with van der Waals surface area (Å²) in [7, 11) is 1.63. The lowest BCUT2D eigenvalue weighted by molar-refractivity contribution is -0.0161. The molecule has 5 heteroatoms. The number of ether oxygens (including phenoxy) is 1. The molecule has 1 saturated heterocycles. The van der Waals surface area contributed by atoms with Crippen molar-refractivity contribution in [1.29, 1.82) is 0 Å². The lowest BCUT2D eigenvalue weighted by Gasteiger charge is -2.42. The summed E-state index contributed by atoms with van der Waals surface area (Å²) in [4.78, 5) is 2.45.